The fraction of sp³-hybridized carbons (Fsp3) is 0.455. The van der Waals surface area contributed by atoms with Gasteiger partial charge in [0.15, 0.2) is 0 Å². The van der Waals surface area contributed by atoms with Crippen LogP contribution in [0.25, 0.3) is 11.0 Å². The summed E-state index contributed by atoms with van der Waals surface area (Å²) in [7, 11) is 0. The maximum Gasteiger partial charge on any atom is 0.124 e. The molecule has 4 nitrogen and oxygen atoms in total. The Kier molecular flexibility index (Phi) is 2.14. The van der Waals surface area contributed by atoms with E-state index in [1.54, 1.807) is 6.20 Å². The molecule has 0 saturated carbocycles. The molecule has 1 atom stereocenters. The molecule has 4 heteroatoms. The Morgan fingerprint density at radius 1 is 1.33 bits per heavy atom. The van der Waals surface area contributed by atoms with Gasteiger partial charge in [-0.25, -0.2) is 4.98 Å². The van der Waals surface area contributed by atoms with E-state index in [9.17, 15) is 0 Å². The molecule has 3 rings (SSSR count). The molecule has 0 spiro atoms. The van der Waals surface area contributed by atoms with E-state index in [2.05, 4.69) is 20.3 Å². The molecule has 2 N–H and O–H groups in total. The number of piperidine rings is 1. The molecule has 1 saturated heterocycles. The van der Waals surface area contributed by atoms with Gasteiger partial charge in [-0.3, -0.25) is 4.98 Å². The summed E-state index contributed by atoms with van der Waals surface area (Å²) in [6, 6.07) is 2.34. The first-order chi connectivity index (χ1) is 7.43. The van der Waals surface area contributed by atoms with Crippen molar-refractivity contribution in [3.8, 4) is 0 Å². The molecule has 0 amide bonds. The first kappa shape index (κ1) is 8.85. The normalized spacial score (nSPS) is 22.0. The minimum atomic E-state index is 0.395. The number of hydrogen-bond acceptors (Lipinski definition) is 3. The third kappa shape index (κ3) is 1.61. The Bertz CT molecular complexity index is 423. The quantitative estimate of drug-likeness (QED) is 0.741. The van der Waals surface area contributed by atoms with Crippen molar-refractivity contribution in [2.45, 2.75) is 25.3 Å². The second-order valence-corrected chi connectivity index (χ2v) is 4.02. The Morgan fingerprint density at radius 2 is 2.33 bits per heavy atom. The number of nitrogens with one attached hydrogen (secondary N) is 2. The fourth-order valence-electron chi connectivity index (χ4n) is 2.13. The number of H-pyrrole nitrogens is 1. The van der Waals surface area contributed by atoms with Crippen molar-refractivity contribution in [2.24, 2.45) is 0 Å². The van der Waals surface area contributed by atoms with E-state index >= 15 is 0 Å². The molecule has 0 radical (unpaired) electrons. The first-order valence-electron chi connectivity index (χ1n) is 5.46. The molecule has 3 heterocycles. The molecular formula is C11H14N4. The van der Waals surface area contributed by atoms with Crippen LogP contribution in [0.4, 0.5) is 0 Å². The van der Waals surface area contributed by atoms with Gasteiger partial charge in [0.25, 0.3) is 0 Å². The summed E-state index contributed by atoms with van der Waals surface area (Å²) in [6.07, 6.45) is 7.34. The van der Waals surface area contributed by atoms with Crippen LogP contribution < -0.4 is 5.32 Å². The summed E-state index contributed by atoms with van der Waals surface area (Å²) in [4.78, 5) is 12.0. The zero-order valence-electron chi connectivity index (χ0n) is 8.53. The number of aromatic amines is 1. The predicted octanol–water partition coefficient (Wildman–Crippen LogP) is 1.77. The second-order valence-electron chi connectivity index (χ2n) is 4.02. The lowest BCUT2D eigenvalue weighted by Crippen LogP contribution is -2.27. The van der Waals surface area contributed by atoms with Gasteiger partial charge in [-0.05, 0) is 25.5 Å². The topological polar surface area (TPSA) is 53.6 Å². The molecule has 2 aromatic rings. The van der Waals surface area contributed by atoms with Gasteiger partial charge in [-0.1, -0.05) is 6.42 Å². The van der Waals surface area contributed by atoms with E-state index in [0.29, 0.717) is 6.04 Å². The van der Waals surface area contributed by atoms with Crippen LogP contribution in [0.1, 0.15) is 31.1 Å². The van der Waals surface area contributed by atoms with Gasteiger partial charge in [-0.15, -0.1) is 0 Å². The number of nitrogens with zero attached hydrogens (tertiary/aromatic N) is 2. The standard InChI is InChI=1S/C11H14N4/c1-2-5-13-9(3-1)11-14-8-4-6-12-7-10(8)15-11/h4,6-7,9,13H,1-3,5H2,(H,14,15). The van der Waals surface area contributed by atoms with Gasteiger partial charge in [-0.2, -0.15) is 0 Å². The fourth-order valence-corrected chi connectivity index (χ4v) is 2.13. The molecular weight excluding hydrogens is 188 g/mol. The van der Waals surface area contributed by atoms with Crippen LogP contribution in [0.5, 0.6) is 0 Å². The van der Waals surface area contributed by atoms with Crippen LogP contribution in [0, 0.1) is 0 Å². The lowest BCUT2D eigenvalue weighted by Gasteiger charge is -2.21. The van der Waals surface area contributed by atoms with E-state index in [4.69, 9.17) is 0 Å². The van der Waals surface area contributed by atoms with Gasteiger partial charge < -0.3 is 10.3 Å². The summed E-state index contributed by atoms with van der Waals surface area (Å²) in [6.45, 7) is 1.10. The maximum atomic E-state index is 4.58. The molecule has 78 valence electrons. The molecule has 1 aliphatic heterocycles. The van der Waals surface area contributed by atoms with Crippen molar-refractivity contribution in [1.82, 2.24) is 20.3 Å². The average molecular weight is 202 g/mol. The van der Waals surface area contributed by atoms with Gasteiger partial charge in [0.1, 0.15) is 5.82 Å². The highest BCUT2D eigenvalue weighted by Crippen LogP contribution is 2.22. The summed E-state index contributed by atoms with van der Waals surface area (Å²) < 4.78 is 0. The van der Waals surface area contributed by atoms with E-state index in [0.717, 1.165) is 23.4 Å². The predicted molar refractivity (Wildman–Crippen MR) is 58.5 cm³/mol. The smallest absolute Gasteiger partial charge is 0.124 e. The van der Waals surface area contributed by atoms with Crippen molar-refractivity contribution in [1.29, 1.82) is 0 Å². The maximum absolute atomic E-state index is 4.58. The van der Waals surface area contributed by atoms with Crippen molar-refractivity contribution in [3.05, 3.63) is 24.3 Å². The zero-order valence-corrected chi connectivity index (χ0v) is 8.53. The van der Waals surface area contributed by atoms with E-state index in [1.165, 1.54) is 19.3 Å². The second kappa shape index (κ2) is 3.62. The van der Waals surface area contributed by atoms with Crippen molar-refractivity contribution in [3.63, 3.8) is 0 Å². The van der Waals surface area contributed by atoms with Crippen LogP contribution in [0.2, 0.25) is 0 Å². The van der Waals surface area contributed by atoms with Gasteiger partial charge in [0.2, 0.25) is 0 Å². The highest BCUT2D eigenvalue weighted by Gasteiger charge is 2.17. The van der Waals surface area contributed by atoms with E-state index in [-0.39, 0.29) is 0 Å². The highest BCUT2D eigenvalue weighted by atomic mass is 15.0. The average Bonchev–Trinajstić information content (AvgIpc) is 2.74. The van der Waals surface area contributed by atoms with Gasteiger partial charge in [0.05, 0.1) is 23.3 Å². The Labute approximate surface area is 88.1 Å². The lowest BCUT2D eigenvalue weighted by molar-refractivity contribution is 0.400. The number of rotatable bonds is 1. The number of aromatic nitrogens is 3. The summed E-state index contributed by atoms with van der Waals surface area (Å²) in [5, 5.41) is 3.48. The Balaban J connectivity index is 1.96. The largest absolute Gasteiger partial charge is 0.339 e. The number of imidazole rings is 1. The van der Waals surface area contributed by atoms with Crippen molar-refractivity contribution < 1.29 is 0 Å². The third-order valence-corrected chi connectivity index (χ3v) is 2.94. The van der Waals surface area contributed by atoms with Crippen molar-refractivity contribution in [2.75, 3.05) is 6.54 Å². The van der Waals surface area contributed by atoms with Crippen LogP contribution >= 0.6 is 0 Å². The number of hydrogen-bond donors (Lipinski definition) is 2. The molecule has 1 aliphatic rings. The van der Waals surface area contributed by atoms with Gasteiger partial charge in [0, 0.05) is 6.20 Å². The summed E-state index contributed by atoms with van der Waals surface area (Å²) in [5.74, 6) is 1.05. The molecule has 2 aromatic heterocycles. The van der Waals surface area contributed by atoms with E-state index < -0.39 is 0 Å². The molecule has 15 heavy (non-hydrogen) atoms. The first-order valence-corrected chi connectivity index (χ1v) is 5.46. The van der Waals surface area contributed by atoms with Crippen LogP contribution in [-0.4, -0.2) is 21.5 Å². The van der Waals surface area contributed by atoms with Crippen LogP contribution in [0.15, 0.2) is 18.5 Å². The highest BCUT2D eigenvalue weighted by molar-refractivity contribution is 5.73. The molecule has 1 fully saturated rings. The third-order valence-electron chi connectivity index (χ3n) is 2.94. The minimum Gasteiger partial charge on any atom is -0.339 e. The molecule has 1 unspecified atom stereocenters. The SMILES string of the molecule is c1cc2nc(C3CCCCN3)[nH]c2cn1. The molecule has 0 aliphatic carbocycles. The Hall–Kier alpha value is -1.42. The number of fused-ring (bicyclic) bond motifs is 1. The lowest BCUT2D eigenvalue weighted by atomic mass is 10.0. The van der Waals surface area contributed by atoms with E-state index in [1.807, 2.05) is 12.3 Å². The summed E-state index contributed by atoms with van der Waals surface area (Å²) in [5.41, 5.74) is 2.03. The molecule has 0 aromatic carbocycles. The van der Waals surface area contributed by atoms with Gasteiger partial charge >= 0.3 is 0 Å². The Morgan fingerprint density at radius 3 is 3.13 bits per heavy atom. The van der Waals surface area contributed by atoms with Crippen molar-refractivity contribution >= 4 is 11.0 Å². The monoisotopic (exact) mass is 202 g/mol. The minimum absolute atomic E-state index is 0.395. The molecule has 0 bridgehead atoms. The summed E-state index contributed by atoms with van der Waals surface area (Å²) >= 11 is 0. The number of pyridine rings is 1. The zero-order chi connectivity index (χ0) is 10.1. The van der Waals surface area contributed by atoms with Crippen LogP contribution in [-0.2, 0) is 0 Å². The van der Waals surface area contributed by atoms with Crippen LogP contribution in [0.3, 0.4) is 0 Å².